The van der Waals surface area contributed by atoms with Crippen LogP contribution in [0.3, 0.4) is 0 Å². The van der Waals surface area contributed by atoms with Gasteiger partial charge in [-0.3, -0.25) is 0 Å². The van der Waals surface area contributed by atoms with E-state index in [1.807, 2.05) is 13.0 Å². The van der Waals surface area contributed by atoms with Crippen LogP contribution in [-0.4, -0.2) is 38.6 Å². The molecule has 1 heterocycles. The van der Waals surface area contributed by atoms with Crippen molar-refractivity contribution in [3.8, 4) is 5.75 Å². The summed E-state index contributed by atoms with van der Waals surface area (Å²) >= 11 is 0. The van der Waals surface area contributed by atoms with Gasteiger partial charge in [-0.1, -0.05) is 19.1 Å². The molecule has 1 aliphatic heterocycles. The summed E-state index contributed by atoms with van der Waals surface area (Å²) in [5.41, 5.74) is 0.573. The van der Waals surface area contributed by atoms with Gasteiger partial charge in [-0.25, -0.2) is 13.2 Å². The zero-order valence-electron chi connectivity index (χ0n) is 12.0. The van der Waals surface area contributed by atoms with Crippen LogP contribution in [0.4, 0.5) is 10.5 Å². The van der Waals surface area contributed by atoms with Crippen molar-refractivity contribution in [1.29, 1.82) is 0 Å². The van der Waals surface area contributed by atoms with E-state index >= 15 is 0 Å². The van der Waals surface area contributed by atoms with Gasteiger partial charge in [-0.05, 0) is 25.0 Å². The number of sulfone groups is 1. The molecule has 2 rings (SSSR count). The SMILES string of the molecule is CCCOc1ccccc1NC(=O)NC1CCS(=O)(=O)C1. The van der Waals surface area contributed by atoms with Crippen LogP contribution in [0.1, 0.15) is 19.8 Å². The first kappa shape index (κ1) is 15.6. The summed E-state index contributed by atoms with van der Waals surface area (Å²) in [4.78, 5) is 11.9. The van der Waals surface area contributed by atoms with E-state index in [9.17, 15) is 13.2 Å². The lowest BCUT2D eigenvalue weighted by atomic mass is 10.2. The number of carbonyl (C=O) groups excluding carboxylic acids is 1. The van der Waals surface area contributed by atoms with Gasteiger partial charge in [0.2, 0.25) is 0 Å². The molecule has 1 aliphatic rings. The number of ether oxygens (including phenoxy) is 1. The topological polar surface area (TPSA) is 84.5 Å². The Morgan fingerprint density at radius 3 is 2.81 bits per heavy atom. The summed E-state index contributed by atoms with van der Waals surface area (Å²) in [5, 5.41) is 5.39. The van der Waals surface area contributed by atoms with E-state index in [1.165, 1.54) is 0 Å². The fourth-order valence-electron chi connectivity index (χ4n) is 2.16. The molecule has 2 N–H and O–H groups in total. The number of carbonyl (C=O) groups is 1. The van der Waals surface area contributed by atoms with Crippen LogP contribution < -0.4 is 15.4 Å². The van der Waals surface area contributed by atoms with Crippen molar-refractivity contribution in [1.82, 2.24) is 5.32 Å². The van der Waals surface area contributed by atoms with Gasteiger partial charge in [0.1, 0.15) is 5.75 Å². The lowest BCUT2D eigenvalue weighted by Crippen LogP contribution is -2.38. The average Bonchev–Trinajstić information content (AvgIpc) is 2.76. The Labute approximate surface area is 124 Å². The van der Waals surface area contributed by atoms with Crippen molar-refractivity contribution in [2.24, 2.45) is 0 Å². The Kier molecular flexibility index (Phi) is 5.06. The molecule has 0 aliphatic carbocycles. The second-order valence-corrected chi connectivity index (χ2v) is 7.27. The smallest absolute Gasteiger partial charge is 0.319 e. The molecule has 116 valence electrons. The largest absolute Gasteiger partial charge is 0.491 e. The number of hydrogen-bond acceptors (Lipinski definition) is 4. The van der Waals surface area contributed by atoms with Gasteiger partial charge in [-0.2, -0.15) is 0 Å². The van der Waals surface area contributed by atoms with Gasteiger partial charge in [0.15, 0.2) is 9.84 Å². The summed E-state index contributed by atoms with van der Waals surface area (Å²) in [5.74, 6) is 0.747. The molecular weight excluding hydrogens is 292 g/mol. The lowest BCUT2D eigenvalue weighted by Gasteiger charge is -2.14. The molecule has 0 saturated carbocycles. The first-order chi connectivity index (χ1) is 10.00. The van der Waals surface area contributed by atoms with E-state index in [4.69, 9.17) is 4.74 Å². The van der Waals surface area contributed by atoms with Gasteiger partial charge in [0, 0.05) is 6.04 Å². The van der Waals surface area contributed by atoms with Gasteiger partial charge >= 0.3 is 6.03 Å². The van der Waals surface area contributed by atoms with Crippen LogP contribution in [-0.2, 0) is 9.84 Å². The molecule has 1 saturated heterocycles. The second kappa shape index (κ2) is 6.80. The highest BCUT2D eigenvalue weighted by Crippen LogP contribution is 2.23. The van der Waals surface area contributed by atoms with Crippen LogP contribution in [0, 0.1) is 0 Å². The molecule has 1 atom stereocenters. The molecule has 0 spiro atoms. The highest BCUT2D eigenvalue weighted by atomic mass is 32.2. The molecule has 1 unspecified atom stereocenters. The van der Waals surface area contributed by atoms with E-state index in [-0.39, 0.29) is 17.5 Å². The number of para-hydroxylation sites is 2. The minimum absolute atomic E-state index is 0.00833. The molecule has 0 aromatic heterocycles. The standard InChI is InChI=1S/C14H20N2O4S/c1-2-8-20-13-6-4-3-5-12(13)16-14(17)15-11-7-9-21(18,19)10-11/h3-6,11H,2,7-10H2,1H3,(H2,15,16,17). The van der Waals surface area contributed by atoms with Crippen LogP contribution in [0.15, 0.2) is 24.3 Å². The Morgan fingerprint density at radius 1 is 1.38 bits per heavy atom. The highest BCUT2D eigenvalue weighted by Gasteiger charge is 2.28. The van der Waals surface area contributed by atoms with Crippen LogP contribution >= 0.6 is 0 Å². The molecule has 1 aromatic carbocycles. The third kappa shape index (κ3) is 4.63. The maximum absolute atomic E-state index is 11.9. The van der Waals surface area contributed by atoms with Crippen molar-refractivity contribution in [2.75, 3.05) is 23.4 Å². The number of anilines is 1. The van der Waals surface area contributed by atoms with Crippen LogP contribution in [0.25, 0.3) is 0 Å². The summed E-state index contributed by atoms with van der Waals surface area (Å²) in [7, 11) is -3.00. The van der Waals surface area contributed by atoms with Crippen molar-refractivity contribution < 1.29 is 17.9 Å². The number of nitrogens with one attached hydrogen (secondary N) is 2. The molecule has 21 heavy (non-hydrogen) atoms. The van der Waals surface area contributed by atoms with Crippen molar-refractivity contribution in [3.05, 3.63) is 24.3 Å². The molecule has 6 nitrogen and oxygen atoms in total. The Bertz CT molecular complexity index is 601. The fourth-order valence-corrected chi connectivity index (χ4v) is 3.83. The maximum Gasteiger partial charge on any atom is 0.319 e. The van der Waals surface area contributed by atoms with E-state index < -0.39 is 15.9 Å². The van der Waals surface area contributed by atoms with E-state index in [1.54, 1.807) is 18.2 Å². The Morgan fingerprint density at radius 2 is 2.14 bits per heavy atom. The third-order valence-electron chi connectivity index (χ3n) is 3.16. The Hall–Kier alpha value is -1.76. The molecule has 0 bridgehead atoms. The molecule has 7 heteroatoms. The molecule has 2 amide bonds. The average molecular weight is 312 g/mol. The number of hydrogen-bond donors (Lipinski definition) is 2. The summed E-state index contributed by atoms with van der Waals surface area (Å²) < 4.78 is 28.3. The highest BCUT2D eigenvalue weighted by molar-refractivity contribution is 7.91. The normalized spacial score (nSPS) is 20.0. The molecular formula is C14H20N2O4S. The van der Waals surface area contributed by atoms with Crippen molar-refractivity contribution in [2.45, 2.75) is 25.8 Å². The Balaban J connectivity index is 1.93. The predicted molar refractivity (Wildman–Crippen MR) is 81.4 cm³/mol. The minimum Gasteiger partial charge on any atom is -0.491 e. The summed E-state index contributed by atoms with van der Waals surface area (Å²) in [6.45, 7) is 2.57. The zero-order valence-corrected chi connectivity index (χ0v) is 12.8. The van der Waals surface area contributed by atoms with Crippen LogP contribution in [0.2, 0.25) is 0 Å². The maximum atomic E-state index is 11.9. The lowest BCUT2D eigenvalue weighted by molar-refractivity contribution is 0.249. The van der Waals surface area contributed by atoms with E-state index in [2.05, 4.69) is 10.6 Å². The number of rotatable bonds is 5. The van der Waals surface area contributed by atoms with Crippen molar-refractivity contribution in [3.63, 3.8) is 0 Å². The van der Waals surface area contributed by atoms with Gasteiger partial charge in [0.05, 0.1) is 23.8 Å². The minimum atomic E-state index is -3.00. The zero-order chi connectivity index (χ0) is 15.3. The van der Waals surface area contributed by atoms with E-state index in [0.717, 1.165) is 6.42 Å². The number of benzene rings is 1. The number of urea groups is 1. The van der Waals surface area contributed by atoms with Gasteiger partial charge in [0.25, 0.3) is 0 Å². The van der Waals surface area contributed by atoms with E-state index in [0.29, 0.717) is 24.5 Å². The summed E-state index contributed by atoms with van der Waals surface area (Å²) in [6, 6.07) is 6.43. The van der Waals surface area contributed by atoms with Crippen molar-refractivity contribution >= 4 is 21.6 Å². The quantitative estimate of drug-likeness (QED) is 0.868. The molecule has 0 radical (unpaired) electrons. The molecule has 1 aromatic rings. The second-order valence-electron chi connectivity index (χ2n) is 5.04. The third-order valence-corrected chi connectivity index (χ3v) is 4.93. The first-order valence-corrected chi connectivity index (χ1v) is 8.82. The van der Waals surface area contributed by atoms with Crippen LogP contribution in [0.5, 0.6) is 5.75 Å². The van der Waals surface area contributed by atoms with Gasteiger partial charge < -0.3 is 15.4 Å². The number of amides is 2. The monoisotopic (exact) mass is 312 g/mol. The first-order valence-electron chi connectivity index (χ1n) is 7.00. The summed E-state index contributed by atoms with van der Waals surface area (Å²) in [6.07, 6.45) is 1.34. The van der Waals surface area contributed by atoms with Gasteiger partial charge in [-0.15, -0.1) is 0 Å². The predicted octanol–water partition coefficient (Wildman–Crippen LogP) is 1.78. The fraction of sp³-hybridized carbons (Fsp3) is 0.500. The molecule has 1 fully saturated rings.